The van der Waals surface area contributed by atoms with Crippen LogP contribution < -0.4 is 0 Å². The number of ether oxygens (including phenoxy) is 1. The molecule has 0 bridgehead atoms. The second kappa shape index (κ2) is 7.54. The van der Waals surface area contributed by atoms with Gasteiger partial charge < -0.3 is 4.74 Å². The Hall–Kier alpha value is -0.0157. The Morgan fingerprint density at radius 3 is 2.89 bits per heavy atom. The first kappa shape index (κ1) is 16.0. The van der Waals surface area contributed by atoms with E-state index in [9.17, 15) is 0 Å². The van der Waals surface area contributed by atoms with Gasteiger partial charge in [-0.25, -0.2) is 6.08 Å². The molecule has 1 unspecified atom stereocenters. The van der Waals surface area contributed by atoms with Gasteiger partial charge in [0.1, 0.15) is 4.93 Å². The van der Waals surface area contributed by atoms with E-state index in [1.54, 1.807) is 11.8 Å². The van der Waals surface area contributed by atoms with Crippen LogP contribution in [0.5, 0.6) is 0 Å². The molecule has 3 heteroatoms. The Labute approximate surface area is 129 Å². The van der Waals surface area contributed by atoms with E-state index in [0.717, 1.165) is 25.9 Å². The molecule has 1 nitrogen and oxygen atoms in total. The van der Waals surface area contributed by atoms with E-state index in [1.165, 1.54) is 10.5 Å². The summed E-state index contributed by atoms with van der Waals surface area (Å²) < 4.78 is 6.14. The van der Waals surface area contributed by atoms with Crippen molar-refractivity contribution in [2.45, 2.75) is 38.0 Å². The molecule has 2 aliphatic carbocycles. The summed E-state index contributed by atoms with van der Waals surface area (Å²) in [4.78, 5) is 1.01. The minimum Gasteiger partial charge on any atom is -0.360 e. The van der Waals surface area contributed by atoms with E-state index in [0.29, 0.717) is 0 Å². The molecular formula is C15H19OSTi-. The molecule has 0 radical (unpaired) electrons. The molecule has 0 heterocycles. The van der Waals surface area contributed by atoms with Gasteiger partial charge in [0, 0.05) is 34.7 Å². The summed E-state index contributed by atoms with van der Waals surface area (Å²) in [5.41, 5.74) is 1.30. The molecular weight excluding hydrogens is 276 g/mol. The molecule has 96 valence electrons. The summed E-state index contributed by atoms with van der Waals surface area (Å²) in [5, 5.41) is 0. The molecule has 0 fully saturated rings. The zero-order valence-electron chi connectivity index (χ0n) is 11.0. The van der Waals surface area contributed by atoms with Crippen molar-refractivity contribution in [1.29, 1.82) is 0 Å². The molecule has 0 N–H and O–H groups in total. The SMILES string of the molecule is CCCOC1(SC2=[C-]CC=C2)CC=CC=C1C.[Ti]. The number of thioether (sulfide) groups is 1. The van der Waals surface area contributed by atoms with Gasteiger partial charge in [-0.15, -0.1) is 18.2 Å². The summed E-state index contributed by atoms with van der Waals surface area (Å²) in [7, 11) is 0. The van der Waals surface area contributed by atoms with Crippen LogP contribution in [-0.2, 0) is 26.5 Å². The van der Waals surface area contributed by atoms with Gasteiger partial charge in [0.25, 0.3) is 0 Å². The summed E-state index contributed by atoms with van der Waals surface area (Å²) in [5.74, 6) is 0. The van der Waals surface area contributed by atoms with Gasteiger partial charge in [-0.3, -0.25) is 6.08 Å². The molecule has 0 aromatic carbocycles. The van der Waals surface area contributed by atoms with Crippen molar-refractivity contribution in [3.8, 4) is 0 Å². The Bertz CT molecular complexity index is 395. The third-order valence-electron chi connectivity index (χ3n) is 2.95. The Balaban J connectivity index is 0.00000162. The van der Waals surface area contributed by atoms with Crippen molar-refractivity contribution < 1.29 is 26.5 Å². The fraction of sp³-hybridized carbons (Fsp3) is 0.467. The molecule has 1 atom stereocenters. The molecule has 0 aliphatic heterocycles. The minimum atomic E-state index is -0.207. The first-order valence-corrected chi connectivity index (χ1v) is 7.03. The maximum absolute atomic E-state index is 6.14. The van der Waals surface area contributed by atoms with Crippen LogP contribution in [0.2, 0.25) is 0 Å². The fourth-order valence-corrected chi connectivity index (χ4v) is 3.17. The van der Waals surface area contributed by atoms with Crippen LogP contribution in [-0.4, -0.2) is 11.5 Å². The summed E-state index contributed by atoms with van der Waals surface area (Å²) in [6.07, 6.45) is 17.1. The summed E-state index contributed by atoms with van der Waals surface area (Å²) in [6, 6.07) is 0. The second-order valence-electron chi connectivity index (χ2n) is 4.33. The zero-order chi connectivity index (χ0) is 12.1. The van der Waals surface area contributed by atoms with Crippen LogP contribution >= 0.6 is 11.8 Å². The third kappa shape index (κ3) is 3.74. The van der Waals surface area contributed by atoms with Crippen LogP contribution in [0.25, 0.3) is 0 Å². The minimum absolute atomic E-state index is 0. The van der Waals surface area contributed by atoms with E-state index in [-0.39, 0.29) is 26.7 Å². The van der Waals surface area contributed by atoms with Crippen LogP contribution in [0, 0.1) is 6.08 Å². The third-order valence-corrected chi connectivity index (χ3v) is 4.38. The molecule has 0 aromatic rings. The normalized spacial score (nSPS) is 25.7. The van der Waals surface area contributed by atoms with E-state index in [2.05, 4.69) is 50.3 Å². The largest absolute Gasteiger partial charge is 0.360 e. The van der Waals surface area contributed by atoms with Gasteiger partial charge in [-0.05, 0) is 18.9 Å². The van der Waals surface area contributed by atoms with Crippen LogP contribution in [0.4, 0.5) is 0 Å². The van der Waals surface area contributed by atoms with Gasteiger partial charge in [0.05, 0.1) is 0 Å². The molecule has 18 heavy (non-hydrogen) atoms. The molecule has 0 aromatic heterocycles. The molecule has 0 spiro atoms. The smallest absolute Gasteiger partial charge is 0.140 e. The Morgan fingerprint density at radius 2 is 2.28 bits per heavy atom. The number of allylic oxidation sites excluding steroid dienone is 5. The zero-order valence-corrected chi connectivity index (χ0v) is 13.4. The average molecular weight is 295 g/mol. The Kier molecular flexibility index (Phi) is 6.72. The van der Waals surface area contributed by atoms with Crippen LogP contribution in [0.1, 0.15) is 33.1 Å². The van der Waals surface area contributed by atoms with Gasteiger partial charge >= 0.3 is 0 Å². The van der Waals surface area contributed by atoms with Gasteiger partial charge in [-0.2, -0.15) is 11.0 Å². The molecule has 0 saturated heterocycles. The number of hydrogen-bond acceptors (Lipinski definition) is 2. The maximum atomic E-state index is 6.14. The predicted octanol–water partition coefficient (Wildman–Crippen LogP) is 4.39. The first-order valence-electron chi connectivity index (χ1n) is 6.21. The van der Waals surface area contributed by atoms with E-state index in [1.807, 2.05) is 0 Å². The standard InChI is InChI=1S/C15H19OS.Ti/c1-3-12-16-15(11-7-6-8-13(15)2)17-14-9-4-5-10-14;/h4,6-9H,3,5,11-12H2,1-2H3;/q-1;. The van der Waals surface area contributed by atoms with Crippen molar-refractivity contribution in [3.05, 3.63) is 46.9 Å². The summed E-state index contributed by atoms with van der Waals surface area (Å²) >= 11 is 1.80. The number of hydrogen-bond donors (Lipinski definition) is 0. The molecule has 2 aliphatic rings. The van der Waals surface area contributed by atoms with Crippen molar-refractivity contribution in [2.75, 3.05) is 6.61 Å². The van der Waals surface area contributed by atoms with Crippen molar-refractivity contribution in [3.63, 3.8) is 0 Å². The first-order chi connectivity index (χ1) is 8.27. The van der Waals surface area contributed by atoms with Crippen LogP contribution in [0.15, 0.2) is 40.9 Å². The predicted molar refractivity (Wildman–Crippen MR) is 74.6 cm³/mol. The van der Waals surface area contributed by atoms with Crippen molar-refractivity contribution in [2.24, 2.45) is 0 Å². The molecule has 0 amide bonds. The van der Waals surface area contributed by atoms with Crippen LogP contribution in [0.3, 0.4) is 0 Å². The van der Waals surface area contributed by atoms with Crippen molar-refractivity contribution in [1.82, 2.24) is 0 Å². The molecule has 0 saturated carbocycles. The topological polar surface area (TPSA) is 9.23 Å². The van der Waals surface area contributed by atoms with Gasteiger partial charge in [0.2, 0.25) is 0 Å². The summed E-state index contributed by atoms with van der Waals surface area (Å²) in [6.45, 7) is 5.12. The van der Waals surface area contributed by atoms with Gasteiger partial charge in [-0.1, -0.05) is 25.2 Å². The molecule has 2 rings (SSSR count). The van der Waals surface area contributed by atoms with E-state index < -0.39 is 0 Å². The van der Waals surface area contributed by atoms with E-state index in [4.69, 9.17) is 4.74 Å². The Morgan fingerprint density at radius 1 is 1.44 bits per heavy atom. The average Bonchev–Trinajstić information content (AvgIpc) is 2.83. The second-order valence-corrected chi connectivity index (χ2v) is 5.64. The van der Waals surface area contributed by atoms with E-state index >= 15 is 0 Å². The fourth-order valence-electron chi connectivity index (χ4n) is 1.95. The maximum Gasteiger partial charge on any atom is 0.140 e. The van der Waals surface area contributed by atoms with Crippen molar-refractivity contribution >= 4 is 11.8 Å². The quantitative estimate of drug-likeness (QED) is 0.422. The number of rotatable bonds is 5. The monoisotopic (exact) mass is 295 g/mol. The van der Waals surface area contributed by atoms with Gasteiger partial charge in [0.15, 0.2) is 0 Å².